The molecule has 0 aliphatic heterocycles. The van der Waals surface area contributed by atoms with Crippen molar-refractivity contribution in [3.05, 3.63) is 30.1 Å². The molecule has 1 aromatic heterocycles. The molecule has 120 valence electrons. The molecule has 22 heavy (non-hydrogen) atoms. The number of aromatic nitrogens is 1. The highest BCUT2D eigenvalue weighted by Crippen LogP contribution is 2.26. The Kier molecular flexibility index (Phi) is 6.77. The smallest absolute Gasteiger partial charge is 0.322 e. The second kappa shape index (κ2) is 8.83. The van der Waals surface area contributed by atoms with Gasteiger partial charge in [-0.2, -0.15) is 0 Å². The molecule has 0 amide bonds. The molecule has 0 radical (unpaired) electrons. The Bertz CT molecular complexity index is 487. The highest BCUT2D eigenvalue weighted by atomic mass is 32.1. The number of thiocarbonyl (C=S) groups is 1. The lowest BCUT2D eigenvalue weighted by Crippen LogP contribution is -2.32. The van der Waals surface area contributed by atoms with E-state index in [1.54, 1.807) is 19.3 Å². The summed E-state index contributed by atoms with van der Waals surface area (Å²) in [5.41, 5.74) is 0.629. The monoisotopic (exact) mass is 320 g/mol. The Morgan fingerprint density at radius 3 is 2.82 bits per heavy atom. The molecule has 0 saturated heterocycles. The molecular formula is C17H24N2O2S. The van der Waals surface area contributed by atoms with Gasteiger partial charge in [0.15, 0.2) is 0 Å². The fraction of sp³-hybridized carbons (Fsp3) is 0.588. The lowest BCUT2D eigenvalue weighted by atomic mass is 9.87. The first-order valence-electron chi connectivity index (χ1n) is 8.01. The van der Waals surface area contributed by atoms with E-state index in [1.807, 2.05) is 12.1 Å². The summed E-state index contributed by atoms with van der Waals surface area (Å²) in [6, 6.07) is 5.47. The molecule has 4 nitrogen and oxygen atoms in total. The van der Waals surface area contributed by atoms with Gasteiger partial charge in [-0.3, -0.25) is 9.78 Å². The predicted octanol–water partition coefficient (Wildman–Crippen LogP) is 3.23. The summed E-state index contributed by atoms with van der Waals surface area (Å²) >= 11 is 5.26. The van der Waals surface area contributed by atoms with Crippen LogP contribution in [0, 0.1) is 5.92 Å². The maximum atomic E-state index is 12.4. The third-order valence-electron chi connectivity index (χ3n) is 4.22. The van der Waals surface area contributed by atoms with Gasteiger partial charge in [-0.15, -0.1) is 0 Å². The summed E-state index contributed by atoms with van der Waals surface area (Å²) in [7, 11) is 1.72. The molecule has 0 spiro atoms. The normalized spacial score (nSPS) is 16.8. The zero-order valence-electron chi connectivity index (χ0n) is 13.1. The summed E-state index contributed by atoms with van der Waals surface area (Å²) in [5.74, 6) is -0.229. The fourth-order valence-electron chi connectivity index (χ4n) is 2.94. The van der Waals surface area contributed by atoms with Gasteiger partial charge in [0.05, 0.1) is 17.3 Å². The molecule has 5 heteroatoms. The first-order chi connectivity index (χ1) is 10.7. The molecule has 1 aromatic rings. The standard InChI is InChI=1S/C17H24N2O2S/c1-18-16(22)15(14-9-5-6-11-19-14)17(20)21-12-10-13-7-3-2-4-8-13/h5-6,9,11,13,15H,2-4,7-8,10,12H2,1H3,(H,18,22). The summed E-state index contributed by atoms with van der Waals surface area (Å²) in [4.78, 5) is 17.1. The van der Waals surface area contributed by atoms with E-state index < -0.39 is 5.92 Å². The van der Waals surface area contributed by atoms with E-state index in [9.17, 15) is 4.79 Å². The molecule has 1 saturated carbocycles. The Balaban J connectivity index is 1.90. The van der Waals surface area contributed by atoms with Crippen molar-refractivity contribution in [3.8, 4) is 0 Å². The summed E-state index contributed by atoms with van der Waals surface area (Å²) < 4.78 is 5.48. The third kappa shape index (κ3) is 4.77. The van der Waals surface area contributed by atoms with Crippen molar-refractivity contribution < 1.29 is 9.53 Å². The number of hydrogen-bond donors (Lipinski definition) is 1. The van der Waals surface area contributed by atoms with E-state index in [2.05, 4.69) is 10.3 Å². The van der Waals surface area contributed by atoms with Crippen LogP contribution in [0.25, 0.3) is 0 Å². The van der Waals surface area contributed by atoms with E-state index >= 15 is 0 Å². The van der Waals surface area contributed by atoms with Crippen LogP contribution < -0.4 is 5.32 Å². The van der Waals surface area contributed by atoms with Gasteiger partial charge in [0.1, 0.15) is 5.92 Å². The van der Waals surface area contributed by atoms with E-state index in [0.29, 0.717) is 23.2 Å². The summed E-state index contributed by atoms with van der Waals surface area (Å²) in [6.45, 7) is 0.471. The molecule has 1 aliphatic rings. The molecule has 1 N–H and O–H groups in total. The average Bonchev–Trinajstić information content (AvgIpc) is 2.57. The van der Waals surface area contributed by atoms with Crippen LogP contribution in [-0.4, -0.2) is 29.6 Å². The van der Waals surface area contributed by atoms with Gasteiger partial charge in [-0.1, -0.05) is 50.4 Å². The molecule has 0 aromatic carbocycles. The molecule has 1 atom stereocenters. The van der Waals surface area contributed by atoms with Crippen LogP contribution in [0.15, 0.2) is 24.4 Å². The topological polar surface area (TPSA) is 51.2 Å². The van der Waals surface area contributed by atoms with Crippen LogP contribution in [0.1, 0.15) is 50.1 Å². The van der Waals surface area contributed by atoms with Gasteiger partial charge in [0, 0.05) is 13.2 Å². The zero-order chi connectivity index (χ0) is 15.8. The maximum Gasteiger partial charge on any atom is 0.322 e. The Morgan fingerprint density at radius 2 is 2.18 bits per heavy atom. The fourth-order valence-corrected chi connectivity index (χ4v) is 3.16. The number of hydrogen-bond acceptors (Lipinski definition) is 4. The van der Waals surface area contributed by atoms with Crippen LogP contribution in [-0.2, 0) is 9.53 Å². The summed E-state index contributed by atoms with van der Waals surface area (Å²) in [5, 5.41) is 2.87. The van der Waals surface area contributed by atoms with Gasteiger partial charge in [0.25, 0.3) is 0 Å². The molecule has 1 fully saturated rings. The average molecular weight is 320 g/mol. The number of likely N-dealkylation sites (N-methyl/N-ethyl adjacent to an activating group) is 1. The van der Waals surface area contributed by atoms with Crippen LogP contribution in [0.5, 0.6) is 0 Å². The largest absolute Gasteiger partial charge is 0.465 e. The van der Waals surface area contributed by atoms with Crippen LogP contribution >= 0.6 is 12.2 Å². The zero-order valence-corrected chi connectivity index (χ0v) is 13.9. The van der Waals surface area contributed by atoms with Crippen LogP contribution in [0.2, 0.25) is 0 Å². The molecular weight excluding hydrogens is 296 g/mol. The Hall–Kier alpha value is -1.49. The predicted molar refractivity (Wildman–Crippen MR) is 90.8 cm³/mol. The van der Waals surface area contributed by atoms with Gasteiger partial charge < -0.3 is 10.1 Å². The molecule has 1 unspecified atom stereocenters. The molecule has 2 rings (SSSR count). The third-order valence-corrected chi connectivity index (χ3v) is 4.66. The highest BCUT2D eigenvalue weighted by molar-refractivity contribution is 7.80. The first kappa shape index (κ1) is 16.9. The Morgan fingerprint density at radius 1 is 1.41 bits per heavy atom. The number of pyridine rings is 1. The van der Waals surface area contributed by atoms with E-state index in [-0.39, 0.29) is 5.97 Å². The first-order valence-corrected chi connectivity index (χ1v) is 8.42. The summed E-state index contributed by atoms with van der Waals surface area (Å²) in [6.07, 6.45) is 9.09. The lowest BCUT2D eigenvalue weighted by molar-refractivity contribution is -0.144. The number of carbonyl (C=O) groups is 1. The van der Waals surface area contributed by atoms with Crippen LogP contribution in [0.3, 0.4) is 0 Å². The quantitative estimate of drug-likeness (QED) is 0.644. The number of nitrogens with zero attached hydrogens (tertiary/aromatic N) is 1. The van der Waals surface area contributed by atoms with Gasteiger partial charge >= 0.3 is 5.97 Å². The van der Waals surface area contributed by atoms with Crippen molar-refractivity contribution in [1.82, 2.24) is 10.3 Å². The molecule has 1 heterocycles. The van der Waals surface area contributed by atoms with Crippen molar-refractivity contribution in [2.75, 3.05) is 13.7 Å². The minimum Gasteiger partial charge on any atom is -0.465 e. The number of nitrogens with one attached hydrogen (secondary N) is 1. The van der Waals surface area contributed by atoms with Crippen molar-refractivity contribution in [2.45, 2.75) is 44.4 Å². The SMILES string of the molecule is CNC(=S)C(C(=O)OCCC1CCCCC1)c1ccccn1. The number of rotatable bonds is 6. The van der Waals surface area contributed by atoms with Crippen molar-refractivity contribution in [3.63, 3.8) is 0 Å². The second-order valence-corrected chi connectivity index (χ2v) is 6.20. The van der Waals surface area contributed by atoms with Gasteiger partial charge in [-0.05, 0) is 24.5 Å². The van der Waals surface area contributed by atoms with E-state index in [4.69, 9.17) is 17.0 Å². The minimum atomic E-state index is -0.618. The highest BCUT2D eigenvalue weighted by Gasteiger charge is 2.27. The Labute approximate surface area is 137 Å². The van der Waals surface area contributed by atoms with Crippen molar-refractivity contribution in [2.24, 2.45) is 5.92 Å². The molecule has 0 bridgehead atoms. The lowest BCUT2D eigenvalue weighted by Gasteiger charge is -2.22. The molecule has 1 aliphatic carbocycles. The second-order valence-electron chi connectivity index (χ2n) is 5.76. The van der Waals surface area contributed by atoms with Gasteiger partial charge in [0.2, 0.25) is 0 Å². The van der Waals surface area contributed by atoms with Crippen molar-refractivity contribution in [1.29, 1.82) is 0 Å². The van der Waals surface area contributed by atoms with E-state index in [0.717, 1.165) is 6.42 Å². The number of esters is 1. The van der Waals surface area contributed by atoms with Gasteiger partial charge in [-0.25, -0.2) is 0 Å². The van der Waals surface area contributed by atoms with Crippen molar-refractivity contribution >= 4 is 23.2 Å². The van der Waals surface area contributed by atoms with E-state index in [1.165, 1.54) is 32.1 Å². The number of carbonyl (C=O) groups excluding carboxylic acids is 1. The van der Waals surface area contributed by atoms with Crippen LogP contribution in [0.4, 0.5) is 0 Å². The minimum absolute atomic E-state index is 0.311. The number of ether oxygens (including phenoxy) is 1. The maximum absolute atomic E-state index is 12.4.